The third-order valence-corrected chi connectivity index (χ3v) is 4.22. The second kappa shape index (κ2) is 5.93. The van der Waals surface area contributed by atoms with Gasteiger partial charge in [-0.1, -0.05) is 6.07 Å². The predicted molar refractivity (Wildman–Crippen MR) is 80.8 cm³/mol. The van der Waals surface area contributed by atoms with Gasteiger partial charge >= 0.3 is 0 Å². The van der Waals surface area contributed by atoms with Gasteiger partial charge in [0.05, 0.1) is 0 Å². The lowest BCUT2D eigenvalue weighted by Gasteiger charge is -2.46. The molecule has 1 N–H and O–H groups in total. The molecule has 1 aliphatic rings. The Hall–Kier alpha value is -1.06. The Balaban J connectivity index is 2.29. The fraction of sp³-hybridized carbons (Fsp3) is 0.625. The summed E-state index contributed by atoms with van der Waals surface area (Å²) in [5.41, 5.74) is 3.97. The van der Waals surface area contributed by atoms with Crippen molar-refractivity contribution >= 4 is 5.69 Å². The normalized spacial score (nSPS) is 24.8. The third kappa shape index (κ3) is 3.10. The van der Waals surface area contributed by atoms with E-state index in [0.29, 0.717) is 12.1 Å². The van der Waals surface area contributed by atoms with Gasteiger partial charge in [-0.15, -0.1) is 0 Å². The summed E-state index contributed by atoms with van der Waals surface area (Å²) >= 11 is 0. The Kier molecular flexibility index (Phi) is 4.48. The Morgan fingerprint density at radius 3 is 2.58 bits per heavy atom. The highest BCUT2D eigenvalue weighted by molar-refractivity contribution is 5.52. The van der Waals surface area contributed by atoms with E-state index in [0.717, 1.165) is 19.5 Å². The highest BCUT2D eigenvalue weighted by Gasteiger charge is 2.30. The van der Waals surface area contributed by atoms with Crippen LogP contribution in [-0.2, 0) is 0 Å². The predicted octanol–water partition coefficient (Wildman–Crippen LogP) is 2.19. The number of likely N-dealkylation sites (N-methyl/N-ethyl adjacent to an activating group) is 1. The van der Waals surface area contributed by atoms with Crippen molar-refractivity contribution in [3.8, 4) is 0 Å². The number of aliphatic hydroxyl groups excluding tert-OH is 1. The van der Waals surface area contributed by atoms with E-state index in [1.54, 1.807) is 0 Å². The van der Waals surface area contributed by atoms with Crippen LogP contribution in [0, 0.1) is 13.8 Å². The van der Waals surface area contributed by atoms with Crippen molar-refractivity contribution in [2.75, 3.05) is 31.6 Å². The zero-order valence-electron chi connectivity index (χ0n) is 12.6. The Morgan fingerprint density at radius 2 is 1.95 bits per heavy atom. The number of anilines is 1. The standard InChI is InChI=1S/C16H26N2O/c1-12-5-6-15(9-13(12)2)18-14(3)10-17(4)11-16(18)7-8-19/h5-6,9,14,16,19H,7-8,10-11H2,1-4H3. The lowest BCUT2D eigenvalue weighted by Crippen LogP contribution is -2.57. The first kappa shape index (κ1) is 14.4. The molecule has 1 aliphatic heterocycles. The number of benzene rings is 1. The van der Waals surface area contributed by atoms with Crippen molar-refractivity contribution < 1.29 is 5.11 Å². The number of aryl methyl sites for hydroxylation is 2. The summed E-state index contributed by atoms with van der Waals surface area (Å²) in [6.07, 6.45) is 0.835. The molecule has 3 nitrogen and oxygen atoms in total. The zero-order chi connectivity index (χ0) is 14.0. The van der Waals surface area contributed by atoms with Gasteiger partial charge in [-0.3, -0.25) is 0 Å². The number of rotatable bonds is 3. The summed E-state index contributed by atoms with van der Waals surface area (Å²) < 4.78 is 0. The van der Waals surface area contributed by atoms with Crippen molar-refractivity contribution in [1.29, 1.82) is 0 Å². The number of piperazine rings is 1. The van der Waals surface area contributed by atoms with Gasteiger partial charge in [-0.2, -0.15) is 0 Å². The van der Waals surface area contributed by atoms with E-state index in [-0.39, 0.29) is 6.61 Å². The molecule has 1 fully saturated rings. The van der Waals surface area contributed by atoms with Crippen LogP contribution in [-0.4, -0.2) is 48.8 Å². The second-order valence-corrected chi connectivity index (χ2v) is 5.91. The Labute approximate surface area is 116 Å². The molecule has 3 heteroatoms. The summed E-state index contributed by atoms with van der Waals surface area (Å²) in [6, 6.07) is 7.58. The van der Waals surface area contributed by atoms with Crippen molar-refractivity contribution in [1.82, 2.24) is 4.90 Å². The van der Waals surface area contributed by atoms with Crippen LogP contribution in [0.2, 0.25) is 0 Å². The second-order valence-electron chi connectivity index (χ2n) is 5.91. The van der Waals surface area contributed by atoms with Crippen LogP contribution >= 0.6 is 0 Å². The molecular formula is C16H26N2O. The van der Waals surface area contributed by atoms with Gasteiger partial charge in [0.2, 0.25) is 0 Å². The fourth-order valence-electron chi connectivity index (χ4n) is 3.15. The van der Waals surface area contributed by atoms with E-state index in [1.165, 1.54) is 16.8 Å². The molecule has 19 heavy (non-hydrogen) atoms. The minimum absolute atomic E-state index is 0.257. The quantitative estimate of drug-likeness (QED) is 0.904. The van der Waals surface area contributed by atoms with Crippen molar-refractivity contribution in [2.45, 2.75) is 39.3 Å². The van der Waals surface area contributed by atoms with Gasteiger partial charge in [0.15, 0.2) is 0 Å². The van der Waals surface area contributed by atoms with E-state index < -0.39 is 0 Å². The summed E-state index contributed by atoms with van der Waals surface area (Å²) in [6.45, 7) is 8.95. The molecule has 0 saturated carbocycles. The maximum absolute atomic E-state index is 9.31. The molecule has 1 saturated heterocycles. The van der Waals surface area contributed by atoms with E-state index in [2.05, 4.69) is 55.8 Å². The van der Waals surface area contributed by atoms with Crippen LogP contribution in [0.5, 0.6) is 0 Å². The molecule has 1 aromatic carbocycles. The van der Waals surface area contributed by atoms with Gasteiger partial charge in [0.1, 0.15) is 0 Å². The SMILES string of the molecule is Cc1ccc(N2C(C)CN(C)CC2CCO)cc1C. The van der Waals surface area contributed by atoms with Crippen LogP contribution in [0.3, 0.4) is 0 Å². The molecule has 0 radical (unpaired) electrons. The minimum Gasteiger partial charge on any atom is -0.396 e. The molecule has 2 rings (SSSR count). The number of nitrogens with zero attached hydrogens (tertiary/aromatic N) is 2. The number of hydrogen-bond donors (Lipinski definition) is 1. The highest BCUT2D eigenvalue weighted by Crippen LogP contribution is 2.27. The smallest absolute Gasteiger partial charge is 0.0451 e. The molecule has 1 aromatic rings. The van der Waals surface area contributed by atoms with Gasteiger partial charge in [-0.25, -0.2) is 0 Å². The summed E-state index contributed by atoms with van der Waals surface area (Å²) in [7, 11) is 2.17. The lowest BCUT2D eigenvalue weighted by molar-refractivity contribution is 0.198. The van der Waals surface area contributed by atoms with E-state index >= 15 is 0 Å². The molecule has 2 unspecified atom stereocenters. The average molecular weight is 262 g/mol. The van der Waals surface area contributed by atoms with Gasteiger partial charge in [-0.05, 0) is 57.5 Å². The molecule has 1 heterocycles. The van der Waals surface area contributed by atoms with Crippen LogP contribution in [0.25, 0.3) is 0 Å². The van der Waals surface area contributed by atoms with Gasteiger partial charge in [0, 0.05) is 37.5 Å². The van der Waals surface area contributed by atoms with Crippen molar-refractivity contribution in [3.63, 3.8) is 0 Å². The molecule has 0 aliphatic carbocycles. The Morgan fingerprint density at radius 1 is 1.21 bits per heavy atom. The monoisotopic (exact) mass is 262 g/mol. The van der Waals surface area contributed by atoms with Crippen molar-refractivity contribution in [3.05, 3.63) is 29.3 Å². The zero-order valence-corrected chi connectivity index (χ0v) is 12.6. The summed E-state index contributed by atoms with van der Waals surface area (Å²) in [5.74, 6) is 0. The maximum atomic E-state index is 9.31. The maximum Gasteiger partial charge on any atom is 0.0451 e. The topological polar surface area (TPSA) is 26.7 Å². The first-order chi connectivity index (χ1) is 9.02. The minimum atomic E-state index is 0.257. The van der Waals surface area contributed by atoms with Crippen LogP contribution in [0.1, 0.15) is 24.5 Å². The first-order valence-corrected chi connectivity index (χ1v) is 7.18. The summed E-state index contributed by atoms with van der Waals surface area (Å²) in [4.78, 5) is 4.85. The highest BCUT2D eigenvalue weighted by atomic mass is 16.3. The molecule has 0 spiro atoms. The molecule has 0 bridgehead atoms. The fourth-order valence-corrected chi connectivity index (χ4v) is 3.15. The molecule has 106 valence electrons. The first-order valence-electron chi connectivity index (χ1n) is 7.18. The van der Waals surface area contributed by atoms with E-state index in [1.807, 2.05) is 0 Å². The number of hydrogen-bond acceptors (Lipinski definition) is 3. The molecule has 2 atom stereocenters. The lowest BCUT2D eigenvalue weighted by atomic mass is 10.0. The van der Waals surface area contributed by atoms with Gasteiger partial charge < -0.3 is 14.9 Å². The van der Waals surface area contributed by atoms with Crippen molar-refractivity contribution in [2.24, 2.45) is 0 Å². The summed E-state index contributed by atoms with van der Waals surface area (Å²) in [5, 5.41) is 9.31. The molecule has 0 aromatic heterocycles. The molecule has 0 amide bonds. The van der Waals surface area contributed by atoms with E-state index in [4.69, 9.17) is 0 Å². The third-order valence-electron chi connectivity index (χ3n) is 4.22. The van der Waals surface area contributed by atoms with Crippen LogP contribution in [0.15, 0.2) is 18.2 Å². The van der Waals surface area contributed by atoms with Crippen LogP contribution in [0.4, 0.5) is 5.69 Å². The van der Waals surface area contributed by atoms with Crippen LogP contribution < -0.4 is 4.90 Å². The Bertz CT molecular complexity index is 433. The molecular weight excluding hydrogens is 236 g/mol. The largest absolute Gasteiger partial charge is 0.396 e. The van der Waals surface area contributed by atoms with E-state index in [9.17, 15) is 5.11 Å². The van der Waals surface area contributed by atoms with Gasteiger partial charge in [0.25, 0.3) is 0 Å². The average Bonchev–Trinajstić information content (AvgIpc) is 2.33. The number of aliphatic hydroxyl groups is 1.